The van der Waals surface area contributed by atoms with Gasteiger partial charge in [0.2, 0.25) is 0 Å². The van der Waals surface area contributed by atoms with Gasteiger partial charge in [-0.3, -0.25) is 4.79 Å². The van der Waals surface area contributed by atoms with Gasteiger partial charge in [0.1, 0.15) is 0 Å². The molecule has 1 saturated heterocycles. The van der Waals surface area contributed by atoms with Crippen molar-refractivity contribution in [3.63, 3.8) is 0 Å². The highest BCUT2D eigenvalue weighted by atomic mass is 35.5. The lowest BCUT2D eigenvalue weighted by Crippen LogP contribution is -2.45. The number of nitrogens with zero attached hydrogens (tertiary/aromatic N) is 3. The largest absolute Gasteiger partial charge is 0.350 e. The summed E-state index contributed by atoms with van der Waals surface area (Å²) in [5.41, 5.74) is 1.66. The summed E-state index contributed by atoms with van der Waals surface area (Å²) >= 11 is 6.01. The lowest BCUT2D eigenvalue weighted by Gasteiger charge is -2.42. The maximum Gasteiger partial charge on any atom is 0.273 e. The fourth-order valence-electron chi connectivity index (χ4n) is 3.94. The maximum absolute atomic E-state index is 12.6. The van der Waals surface area contributed by atoms with Crippen LogP contribution >= 0.6 is 11.6 Å². The first-order chi connectivity index (χ1) is 12.7. The molecule has 0 atom stereocenters. The van der Waals surface area contributed by atoms with Crippen LogP contribution in [0, 0.1) is 0 Å². The van der Waals surface area contributed by atoms with Crippen molar-refractivity contribution >= 4 is 17.5 Å². The lowest BCUT2D eigenvalue weighted by atomic mass is 9.64. The van der Waals surface area contributed by atoms with Gasteiger partial charge in [0.25, 0.3) is 5.91 Å². The molecule has 1 amide bonds. The summed E-state index contributed by atoms with van der Waals surface area (Å²) in [6.45, 7) is 2.58. The third-order valence-electron chi connectivity index (χ3n) is 5.78. The summed E-state index contributed by atoms with van der Waals surface area (Å²) in [4.78, 5) is 12.6. The normalized spacial score (nSPS) is 19.7. The van der Waals surface area contributed by atoms with E-state index in [4.69, 9.17) is 11.6 Å². The van der Waals surface area contributed by atoms with E-state index < -0.39 is 0 Å². The molecule has 2 aromatic rings. The molecule has 2 aliphatic rings. The summed E-state index contributed by atoms with van der Waals surface area (Å²) in [6, 6.07) is 8.31. The van der Waals surface area contributed by atoms with E-state index in [-0.39, 0.29) is 11.3 Å². The average Bonchev–Trinajstić information content (AvgIpc) is 3.13. The Hall–Kier alpha value is -1.92. The molecule has 2 heterocycles. The zero-order valence-corrected chi connectivity index (χ0v) is 15.5. The number of benzene rings is 1. The second kappa shape index (κ2) is 7.37. The number of carbonyl (C=O) groups excluding carboxylic acids is 1. The molecule has 0 unspecified atom stereocenters. The van der Waals surface area contributed by atoms with Crippen molar-refractivity contribution in [1.29, 1.82) is 0 Å². The first kappa shape index (κ1) is 17.5. The van der Waals surface area contributed by atoms with E-state index in [1.807, 2.05) is 16.8 Å². The van der Waals surface area contributed by atoms with Crippen LogP contribution in [0.5, 0.6) is 0 Å². The van der Waals surface area contributed by atoms with Crippen LogP contribution in [0.15, 0.2) is 30.5 Å². The highest BCUT2D eigenvalue weighted by molar-refractivity contribution is 6.30. The number of rotatable bonds is 5. The Labute approximate surface area is 158 Å². The quantitative estimate of drug-likeness (QED) is 0.845. The molecule has 1 aliphatic carbocycles. The van der Waals surface area contributed by atoms with Gasteiger partial charge in [0, 0.05) is 17.0 Å². The highest BCUT2D eigenvalue weighted by Crippen LogP contribution is 2.43. The molecule has 1 aliphatic heterocycles. The minimum absolute atomic E-state index is 0.0191. The van der Waals surface area contributed by atoms with E-state index in [2.05, 4.69) is 33.1 Å². The summed E-state index contributed by atoms with van der Waals surface area (Å²) in [6.07, 6.45) is 7.16. The van der Waals surface area contributed by atoms with Crippen molar-refractivity contribution in [3.05, 3.63) is 46.7 Å². The number of hydrogen-bond donors (Lipinski definition) is 2. The zero-order valence-electron chi connectivity index (χ0n) is 14.7. The molecule has 4 rings (SSSR count). The van der Waals surface area contributed by atoms with Crippen LogP contribution in [-0.2, 0) is 5.41 Å². The molecular weight excluding hydrogens is 350 g/mol. The Morgan fingerprint density at radius 2 is 2.00 bits per heavy atom. The third-order valence-corrected chi connectivity index (χ3v) is 6.03. The molecule has 0 radical (unpaired) electrons. The Kier molecular flexibility index (Phi) is 4.96. The van der Waals surface area contributed by atoms with Crippen LogP contribution < -0.4 is 10.6 Å². The predicted molar refractivity (Wildman–Crippen MR) is 100 cm³/mol. The Morgan fingerprint density at radius 3 is 2.65 bits per heavy atom. The summed E-state index contributed by atoms with van der Waals surface area (Å²) in [5, 5.41) is 15.4. The number of amides is 1. The van der Waals surface area contributed by atoms with E-state index in [1.165, 1.54) is 12.0 Å². The van der Waals surface area contributed by atoms with Crippen molar-refractivity contribution in [2.45, 2.75) is 43.6 Å². The molecule has 26 heavy (non-hydrogen) atoms. The SMILES string of the molecule is O=C(NCC1(c2ccc(Cl)cc2)CCC1)c1cn(C2CCNCC2)nn1. The van der Waals surface area contributed by atoms with Gasteiger partial charge in [0.15, 0.2) is 5.69 Å². The molecule has 7 heteroatoms. The molecule has 2 fully saturated rings. The summed E-state index contributed by atoms with van der Waals surface area (Å²) in [7, 11) is 0. The van der Waals surface area contributed by atoms with Gasteiger partial charge in [0.05, 0.1) is 12.2 Å². The molecule has 1 aromatic heterocycles. The lowest BCUT2D eigenvalue weighted by molar-refractivity contribution is 0.0922. The van der Waals surface area contributed by atoms with Gasteiger partial charge in [-0.05, 0) is 56.5 Å². The van der Waals surface area contributed by atoms with Gasteiger partial charge in [-0.15, -0.1) is 5.10 Å². The average molecular weight is 374 g/mol. The number of aromatic nitrogens is 3. The monoisotopic (exact) mass is 373 g/mol. The van der Waals surface area contributed by atoms with Crippen LogP contribution in [0.25, 0.3) is 0 Å². The van der Waals surface area contributed by atoms with Crippen LogP contribution in [0.3, 0.4) is 0 Å². The molecular formula is C19H24ClN5O. The first-order valence-corrected chi connectivity index (χ1v) is 9.71. The zero-order chi connectivity index (χ0) is 18.0. The molecule has 2 N–H and O–H groups in total. The molecule has 0 spiro atoms. The van der Waals surface area contributed by atoms with E-state index in [9.17, 15) is 4.79 Å². The van der Waals surface area contributed by atoms with Gasteiger partial charge in [-0.25, -0.2) is 4.68 Å². The van der Waals surface area contributed by atoms with Crippen molar-refractivity contribution in [1.82, 2.24) is 25.6 Å². The number of nitrogens with one attached hydrogen (secondary N) is 2. The van der Waals surface area contributed by atoms with Gasteiger partial charge in [-0.2, -0.15) is 0 Å². The van der Waals surface area contributed by atoms with Crippen LogP contribution in [-0.4, -0.2) is 40.5 Å². The van der Waals surface area contributed by atoms with Gasteiger partial charge in [-0.1, -0.05) is 35.4 Å². The van der Waals surface area contributed by atoms with Crippen LogP contribution in [0.2, 0.25) is 5.02 Å². The van der Waals surface area contributed by atoms with Gasteiger partial charge >= 0.3 is 0 Å². The number of hydrogen-bond acceptors (Lipinski definition) is 4. The van der Waals surface area contributed by atoms with Crippen molar-refractivity contribution in [3.8, 4) is 0 Å². The van der Waals surface area contributed by atoms with Gasteiger partial charge < -0.3 is 10.6 Å². The predicted octanol–water partition coefficient (Wildman–Crippen LogP) is 2.71. The topological polar surface area (TPSA) is 71.8 Å². The molecule has 0 bridgehead atoms. The molecule has 1 aromatic carbocycles. The Balaban J connectivity index is 1.40. The van der Waals surface area contributed by atoms with Crippen molar-refractivity contribution < 1.29 is 4.79 Å². The third kappa shape index (κ3) is 3.48. The molecule has 1 saturated carbocycles. The minimum Gasteiger partial charge on any atom is -0.350 e. The van der Waals surface area contributed by atoms with E-state index in [0.717, 1.165) is 43.8 Å². The number of halogens is 1. The van der Waals surface area contributed by atoms with E-state index in [1.54, 1.807) is 6.20 Å². The van der Waals surface area contributed by atoms with E-state index in [0.29, 0.717) is 18.3 Å². The Morgan fingerprint density at radius 1 is 1.27 bits per heavy atom. The second-order valence-electron chi connectivity index (χ2n) is 7.39. The minimum atomic E-state index is -0.148. The Bertz CT molecular complexity index is 762. The smallest absolute Gasteiger partial charge is 0.273 e. The maximum atomic E-state index is 12.6. The van der Waals surface area contributed by atoms with Crippen LogP contribution in [0.1, 0.15) is 54.2 Å². The fourth-order valence-corrected chi connectivity index (χ4v) is 4.07. The highest BCUT2D eigenvalue weighted by Gasteiger charge is 2.39. The van der Waals surface area contributed by atoms with Crippen molar-refractivity contribution in [2.24, 2.45) is 0 Å². The first-order valence-electron chi connectivity index (χ1n) is 9.33. The number of carbonyl (C=O) groups is 1. The number of piperidine rings is 1. The van der Waals surface area contributed by atoms with E-state index >= 15 is 0 Å². The summed E-state index contributed by atoms with van der Waals surface area (Å²) in [5.74, 6) is -0.148. The van der Waals surface area contributed by atoms with Crippen molar-refractivity contribution in [2.75, 3.05) is 19.6 Å². The molecule has 6 nitrogen and oxygen atoms in total. The fraction of sp³-hybridized carbons (Fsp3) is 0.526. The molecule has 138 valence electrons. The summed E-state index contributed by atoms with van der Waals surface area (Å²) < 4.78 is 1.84. The van der Waals surface area contributed by atoms with Crippen LogP contribution in [0.4, 0.5) is 0 Å². The second-order valence-corrected chi connectivity index (χ2v) is 7.82. The standard InChI is InChI=1S/C19H24ClN5O/c20-15-4-2-14(3-5-15)19(8-1-9-19)13-22-18(26)17-12-25(24-23-17)16-6-10-21-11-7-16/h2-5,12,16,21H,1,6-11,13H2,(H,22,26).